The molecule has 1 N–H and O–H groups in total. The molecule has 0 aromatic heterocycles. The van der Waals surface area contributed by atoms with Gasteiger partial charge >= 0.3 is 0 Å². The molecule has 0 saturated heterocycles. The minimum absolute atomic E-state index is 0.140. The fourth-order valence-corrected chi connectivity index (χ4v) is 4.59. The SMILES string of the molecule is CC1(C)C2CCC(C2)[C@@]1(C)c1ccccc1O. The molecule has 2 fully saturated rings. The molecule has 2 aliphatic rings. The molecule has 3 rings (SSSR count). The average molecular weight is 230 g/mol. The Kier molecular flexibility index (Phi) is 2.14. The van der Waals surface area contributed by atoms with Gasteiger partial charge in [-0.05, 0) is 42.6 Å². The largest absolute Gasteiger partial charge is 0.508 e. The first-order valence-electron chi connectivity index (χ1n) is 6.76. The highest BCUT2D eigenvalue weighted by Gasteiger charge is 2.61. The first-order valence-corrected chi connectivity index (χ1v) is 6.76. The summed E-state index contributed by atoms with van der Waals surface area (Å²) in [5.74, 6) is 2.06. The predicted octanol–water partition coefficient (Wildman–Crippen LogP) is 4.11. The summed E-state index contributed by atoms with van der Waals surface area (Å²) < 4.78 is 0. The van der Waals surface area contributed by atoms with Crippen molar-refractivity contribution in [3.05, 3.63) is 29.8 Å². The lowest BCUT2D eigenvalue weighted by molar-refractivity contribution is 0.0926. The highest BCUT2D eigenvalue weighted by atomic mass is 16.3. The van der Waals surface area contributed by atoms with Gasteiger partial charge in [0.2, 0.25) is 0 Å². The van der Waals surface area contributed by atoms with E-state index < -0.39 is 0 Å². The first kappa shape index (κ1) is 11.1. The van der Waals surface area contributed by atoms with Crippen molar-refractivity contribution in [2.75, 3.05) is 0 Å². The first-order chi connectivity index (χ1) is 7.98. The van der Waals surface area contributed by atoms with E-state index in [2.05, 4.69) is 32.9 Å². The van der Waals surface area contributed by atoms with Gasteiger partial charge in [0.25, 0.3) is 0 Å². The molecule has 3 atom stereocenters. The van der Waals surface area contributed by atoms with Gasteiger partial charge in [-0.1, -0.05) is 39.0 Å². The monoisotopic (exact) mass is 230 g/mol. The smallest absolute Gasteiger partial charge is 0.119 e. The van der Waals surface area contributed by atoms with Crippen LogP contribution in [0.15, 0.2) is 24.3 Å². The summed E-state index contributed by atoms with van der Waals surface area (Å²) in [4.78, 5) is 0. The second-order valence-electron chi connectivity index (χ2n) is 6.65. The van der Waals surface area contributed by atoms with Gasteiger partial charge in [-0.2, -0.15) is 0 Å². The zero-order chi connectivity index (χ0) is 12.3. The van der Waals surface area contributed by atoms with Gasteiger partial charge < -0.3 is 5.11 Å². The molecule has 2 aliphatic carbocycles. The van der Waals surface area contributed by atoms with Crippen LogP contribution < -0.4 is 0 Å². The molecule has 2 unspecified atom stereocenters. The Morgan fingerprint density at radius 2 is 1.71 bits per heavy atom. The normalized spacial score (nSPS) is 38.5. The summed E-state index contributed by atoms with van der Waals surface area (Å²) in [5.41, 5.74) is 1.60. The number of phenols is 1. The molecular formula is C16H22O. The number of hydrogen-bond acceptors (Lipinski definition) is 1. The van der Waals surface area contributed by atoms with Gasteiger partial charge in [0.15, 0.2) is 0 Å². The molecule has 17 heavy (non-hydrogen) atoms. The van der Waals surface area contributed by atoms with Gasteiger partial charge in [-0.3, -0.25) is 0 Å². The fraction of sp³-hybridized carbons (Fsp3) is 0.625. The van der Waals surface area contributed by atoms with Crippen LogP contribution in [0.25, 0.3) is 0 Å². The van der Waals surface area contributed by atoms with E-state index in [0.29, 0.717) is 11.2 Å². The molecule has 0 radical (unpaired) electrons. The zero-order valence-corrected chi connectivity index (χ0v) is 11.0. The number of aromatic hydroxyl groups is 1. The van der Waals surface area contributed by atoms with Gasteiger partial charge in [-0.25, -0.2) is 0 Å². The molecule has 1 heteroatoms. The summed E-state index contributed by atoms with van der Waals surface area (Å²) in [7, 11) is 0. The van der Waals surface area contributed by atoms with Crippen LogP contribution in [0.4, 0.5) is 0 Å². The molecule has 92 valence electrons. The van der Waals surface area contributed by atoms with Crippen molar-refractivity contribution >= 4 is 0 Å². The molecule has 0 heterocycles. The Bertz CT molecular complexity index is 449. The van der Waals surface area contributed by atoms with Crippen LogP contribution in [0.1, 0.15) is 45.6 Å². The molecule has 1 aromatic carbocycles. The Hall–Kier alpha value is -0.980. The number of phenolic OH excluding ortho intramolecular Hbond substituents is 1. The lowest BCUT2D eigenvalue weighted by atomic mass is 9.56. The lowest BCUT2D eigenvalue weighted by Gasteiger charge is -2.48. The molecular weight excluding hydrogens is 208 g/mol. The van der Waals surface area contributed by atoms with E-state index in [1.54, 1.807) is 0 Å². The number of fused-ring (bicyclic) bond motifs is 2. The molecule has 2 bridgehead atoms. The van der Waals surface area contributed by atoms with Gasteiger partial charge in [0.1, 0.15) is 5.75 Å². The van der Waals surface area contributed by atoms with E-state index in [0.717, 1.165) is 17.4 Å². The third-order valence-corrected chi connectivity index (χ3v) is 6.07. The van der Waals surface area contributed by atoms with Crippen molar-refractivity contribution in [1.29, 1.82) is 0 Å². The third-order valence-electron chi connectivity index (χ3n) is 6.07. The number of para-hydroxylation sites is 1. The lowest BCUT2D eigenvalue weighted by Crippen LogP contribution is -2.44. The van der Waals surface area contributed by atoms with E-state index in [4.69, 9.17) is 0 Å². The molecule has 1 nitrogen and oxygen atoms in total. The topological polar surface area (TPSA) is 20.2 Å². The van der Waals surface area contributed by atoms with Crippen molar-refractivity contribution in [2.45, 2.75) is 45.4 Å². The third kappa shape index (κ3) is 1.20. The summed E-state index contributed by atoms with van der Waals surface area (Å²) in [6, 6.07) is 7.94. The zero-order valence-electron chi connectivity index (χ0n) is 11.0. The summed E-state index contributed by atoms with van der Waals surface area (Å²) in [6.07, 6.45) is 4.05. The highest BCUT2D eigenvalue weighted by Crippen LogP contribution is 2.67. The minimum Gasteiger partial charge on any atom is -0.508 e. The van der Waals surface area contributed by atoms with Crippen molar-refractivity contribution in [3.8, 4) is 5.75 Å². The summed E-state index contributed by atoms with van der Waals surface area (Å²) in [6.45, 7) is 7.15. The van der Waals surface area contributed by atoms with Crippen LogP contribution in [-0.2, 0) is 5.41 Å². The maximum atomic E-state index is 10.2. The Morgan fingerprint density at radius 3 is 2.29 bits per heavy atom. The molecule has 0 aliphatic heterocycles. The van der Waals surface area contributed by atoms with E-state index >= 15 is 0 Å². The van der Waals surface area contributed by atoms with Crippen LogP contribution in [0.3, 0.4) is 0 Å². The van der Waals surface area contributed by atoms with Crippen molar-refractivity contribution in [1.82, 2.24) is 0 Å². The van der Waals surface area contributed by atoms with Crippen molar-refractivity contribution in [2.24, 2.45) is 17.3 Å². The second kappa shape index (κ2) is 3.28. The van der Waals surface area contributed by atoms with E-state index in [1.165, 1.54) is 19.3 Å². The number of hydrogen-bond donors (Lipinski definition) is 1. The fourth-order valence-electron chi connectivity index (χ4n) is 4.59. The summed E-state index contributed by atoms with van der Waals surface area (Å²) in [5, 5.41) is 10.2. The van der Waals surface area contributed by atoms with Crippen molar-refractivity contribution in [3.63, 3.8) is 0 Å². The van der Waals surface area contributed by atoms with Gasteiger partial charge in [-0.15, -0.1) is 0 Å². The predicted molar refractivity (Wildman–Crippen MR) is 70.1 cm³/mol. The second-order valence-corrected chi connectivity index (χ2v) is 6.65. The minimum atomic E-state index is 0.140. The van der Waals surface area contributed by atoms with Crippen LogP contribution in [0, 0.1) is 17.3 Å². The quantitative estimate of drug-likeness (QED) is 0.770. The Balaban J connectivity index is 2.16. The van der Waals surface area contributed by atoms with Crippen LogP contribution in [0.5, 0.6) is 5.75 Å². The molecule has 1 aromatic rings. The maximum Gasteiger partial charge on any atom is 0.119 e. The maximum absolute atomic E-state index is 10.2. The number of rotatable bonds is 1. The van der Waals surface area contributed by atoms with Gasteiger partial charge in [0.05, 0.1) is 0 Å². The standard InChI is InChI=1S/C16H22O/c1-15(2)11-8-9-12(10-11)16(15,3)13-6-4-5-7-14(13)17/h4-7,11-12,17H,8-10H2,1-3H3/t11?,12?,16-/m0/s1. The van der Waals surface area contributed by atoms with E-state index in [-0.39, 0.29) is 5.41 Å². The van der Waals surface area contributed by atoms with E-state index in [1.807, 2.05) is 12.1 Å². The van der Waals surface area contributed by atoms with E-state index in [9.17, 15) is 5.11 Å². The molecule has 0 amide bonds. The summed E-state index contributed by atoms with van der Waals surface area (Å²) >= 11 is 0. The van der Waals surface area contributed by atoms with Crippen molar-refractivity contribution < 1.29 is 5.11 Å². The Labute approximate surface area is 104 Å². The van der Waals surface area contributed by atoms with Crippen LogP contribution in [0.2, 0.25) is 0 Å². The molecule has 0 spiro atoms. The molecule has 2 saturated carbocycles. The van der Waals surface area contributed by atoms with Gasteiger partial charge in [0, 0.05) is 11.0 Å². The average Bonchev–Trinajstić information content (AvgIpc) is 2.83. The highest BCUT2D eigenvalue weighted by molar-refractivity contribution is 5.42. The number of benzene rings is 1. The van der Waals surface area contributed by atoms with Crippen LogP contribution >= 0.6 is 0 Å². The van der Waals surface area contributed by atoms with Crippen LogP contribution in [-0.4, -0.2) is 5.11 Å². The Morgan fingerprint density at radius 1 is 1.06 bits per heavy atom.